The van der Waals surface area contributed by atoms with E-state index in [1.807, 2.05) is 6.07 Å². The molecule has 7 nitrogen and oxygen atoms in total. The first kappa shape index (κ1) is 24.9. The van der Waals surface area contributed by atoms with Crippen LogP contribution < -0.4 is 15.4 Å². The van der Waals surface area contributed by atoms with Gasteiger partial charge in [0.2, 0.25) is 21.8 Å². The maximum Gasteiger partial charge on any atom is 0.242 e. The van der Waals surface area contributed by atoms with Gasteiger partial charge in [-0.1, -0.05) is 63.4 Å². The van der Waals surface area contributed by atoms with E-state index in [1.165, 1.54) is 6.07 Å². The summed E-state index contributed by atoms with van der Waals surface area (Å²) in [5.41, 5.74) is 1.96. The Hall–Kier alpha value is -2.71. The molecule has 3 N–H and O–H groups in total. The van der Waals surface area contributed by atoms with Gasteiger partial charge in [-0.3, -0.25) is 9.59 Å². The molecule has 178 valence electrons. The smallest absolute Gasteiger partial charge is 0.242 e. The van der Waals surface area contributed by atoms with Crippen molar-refractivity contribution in [3.05, 3.63) is 59.7 Å². The van der Waals surface area contributed by atoms with E-state index < -0.39 is 16.1 Å². The molecule has 1 aliphatic rings. The summed E-state index contributed by atoms with van der Waals surface area (Å²) in [7, 11) is -3.98. The number of sulfonamides is 1. The number of hydrogen-bond acceptors (Lipinski definition) is 4. The lowest BCUT2D eigenvalue weighted by Gasteiger charge is -2.22. The molecule has 0 saturated heterocycles. The van der Waals surface area contributed by atoms with Crippen molar-refractivity contribution in [1.82, 2.24) is 10.0 Å². The zero-order valence-electron chi connectivity index (χ0n) is 19.3. The van der Waals surface area contributed by atoms with Crippen molar-refractivity contribution in [1.29, 1.82) is 0 Å². The summed E-state index contributed by atoms with van der Waals surface area (Å²) >= 11 is 0. The quantitative estimate of drug-likeness (QED) is 0.462. The van der Waals surface area contributed by atoms with Gasteiger partial charge in [0.15, 0.2) is 0 Å². The molecule has 33 heavy (non-hydrogen) atoms. The molecule has 0 bridgehead atoms. The lowest BCUT2D eigenvalue weighted by molar-refractivity contribution is -0.123. The lowest BCUT2D eigenvalue weighted by Crippen LogP contribution is -2.41. The maximum atomic E-state index is 13.2. The minimum Gasteiger partial charge on any atom is -0.354 e. The second kappa shape index (κ2) is 11.4. The minimum atomic E-state index is -3.98. The third-order valence-corrected chi connectivity index (χ3v) is 7.48. The van der Waals surface area contributed by atoms with E-state index in [0.29, 0.717) is 36.6 Å². The van der Waals surface area contributed by atoms with Gasteiger partial charge in [-0.05, 0) is 48.1 Å². The number of rotatable bonds is 11. The predicted molar refractivity (Wildman–Crippen MR) is 129 cm³/mol. The average Bonchev–Trinajstić information content (AvgIpc) is 2.82. The van der Waals surface area contributed by atoms with Crippen LogP contribution in [0.2, 0.25) is 0 Å². The van der Waals surface area contributed by atoms with Crippen LogP contribution in [0.5, 0.6) is 0 Å². The fraction of sp³-hybridized carbons (Fsp3) is 0.440. The SMILES string of the molecule is CCCCC(CC)CNC(=O)C(NS(=O)(=O)c1ccc2c(c1)CCC(=O)N2)c1ccccc1. The fourth-order valence-corrected chi connectivity index (χ4v) is 5.19. The number of amides is 2. The van der Waals surface area contributed by atoms with Gasteiger partial charge in [0, 0.05) is 18.7 Å². The van der Waals surface area contributed by atoms with Crippen LogP contribution in [0.15, 0.2) is 53.4 Å². The average molecular weight is 472 g/mol. The third-order valence-electron chi connectivity index (χ3n) is 6.06. The molecular weight excluding hydrogens is 438 g/mol. The number of benzene rings is 2. The molecule has 1 heterocycles. The van der Waals surface area contributed by atoms with Crippen molar-refractivity contribution in [2.24, 2.45) is 5.92 Å². The number of carbonyl (C=O) groups is 2. The number of nitrogens with one attached hydrogen (secondary N) is 3. The molecule has 8 heteroatoms. The summed E-state index contributed by atoms with van der Waals surface area (Å²) in [5, 5.41) is 5.71. The summed E-state index contributed by atoms with van der Waals surface area (Å²) in [4.78, 5) is 24.8. The van der Waals surface area contributed by atoms with Crippen LogP contribution in [0.25, 0.3) is 0 Å². The molecule has 1 aliphatic heterocycles. The van der Waals surface area contributed by atoms with E-state index in [-0.39, 0.29) is 16.7 Å². The van der Waals surface area contributed by atoms with Crippen LogP contribution in [-0.4, -0.2) is 26.8 Å². The Morgan fingerprint density at radius 3 is 2.55 bits per heavy atom. The van der Waals surface area contributed by atoms with Gasteiger partial charge in [-0.2, -0.15) is 4.72 Å². The van der Waals surface area contributed by atoms with Gasteiger partial charge in [0.25, 0.3) is 0 Å². The molecular formula is C25H33N3O4S. The molecule has 0 saturated carbocycles. The number of anilines is 1. The minimum absolute atomic E-state index is 0.0699. The predicted octanol–water partition coefficient (Wildman–Crippen LogP) is 3.92. The van der Waals surface area contributed by atoms with Gasteiger partial charge in [0.05, 0.1) is 4.90 Å². The molecule has 3 rings (SSSR count). The number of aryl methyl sites for hydroxylation is 1. The van der Waals surface area contributed by atoms with E-state index in [4.69, 9.17) is 0 Å². The molecule has 2 aromatic carbocycles. The molecule has 2 unspecified atom stereocenters. The van der Waals surface area contributed by atoms with Gasteiger partial charge >= 0.3 is 0 Å². The Labute approximate surface area is 196 Å². The standard InChI is InChI=1S/C25H33N3O4S/c1-3-5-9-18(4-2)17-26-25(30)24(19-10-7-6-8-11-19)28-33(31,32)21-13-14-22-20(16-21)12-15-23(29)27-22/h6-8,10-11,13-14,16,18,24,28H,3-5,9,12,15,17H2,1-2H3,(H,26,30)(H,27,29). The van der Waals surface area contributed by atoms with Gasteiger partial charge < -0.3 is 10.6 Å². The van der Waals surface area contributed by atoms with E-state index in [1.54, 1.807) is 36.4 Å². The first-order valence-electron chi connectivity index (χ1n) is 11.6. The second-order valence-corrected chi connectivity index (χ2v) is 10.2. The Bertz CT molecular complexity index is 1070. The number of carbonyl (C=O) groups excluding carboxylic acids is 2. The van der Waals surface area contributed by atoms with E-state index >= 15 is 0 Å². The van der Waals surface area contributed by atoms with Crippen molar-refractivity contribution in [3.8, 4) is 0 Å². The van der Waals surface area contributed by atoms with E-state index in [9.17, 15) is 18.0 Å². The van der Waals surface area contributed by atoms with Crippen molar-refractivity contribution in [2.45, 2.75) is 63.3 Å². The summed E-state index contributed by atoms with van der Waals surface area (Å²) in [5.74, 6) is -0.0934. The zero-order chi connectivity index (χ0) is 23.8. The fourth-order valence-electron chi connectivity index (χ4n) is 3.96. The van der Waals surface area contributed by atoms with E-state index in [0.717, 1.165) is 31.2 Å². The molecule has 0 aromatic heterocycles. The van der Waals surface area contributed by atoms with Crippen molar-refractivity contribution in [3.63, 3.8) is 0 Å². The first-order chi connectivity index (χ1) is 15.8. The lowest BCUT2D eigenvalue weighted by atomic mass is 9.99. The number of fused-ring (bicyclic) bond motifs is 1. The van der Waals surface area contributed by atoms with Crippen molar-refractivity contribution >= 4 is 27.5 Å². The third kappa shape index (κ3) is 6.65. The van der Waals surface area contributed by atoms with Crippen LogP contribution in [0.3, 0.4) is 0 Å². The Balaban J connectivity index is 1.80. The maximum absolute atomic E-state index is 13.2. The zero-order valence-corrected chi connectivity index (χ0v) is 20.1. The van der Waals surface area contributed by atoms with Crippen LogP contribution in [0, 0.1) is 5.92 Å². The highest BCUT2D eigenvalue weighted by atomic mass is 32.2. The van der Waals surface area contributed by atoms with Crippen LogP contribution >= 0.6 is 0 Å². The molecule has 0 spiro atoms. The Kier molecular flexibility index (Phi) is 8.63. The first-order valence-corrected chi connectivity index (χ1v) is 13.1. The monoisotopic (exact) mass is 471 g/mol. The molecule has 0 fully saturated rings. The Morgan fingerprint density at radius 1 is 1.09 bits per heavy atom. The van der Waals surface area contributed by atoms with Crippen LogP contribution in [0.1, 0.15) is 63.1 Å². The van der Waals surface area contributed by atoms with E-state index in [2.05, 4.69) is 29.2 Å². The normalized spacial score (nSPS) is 15.3. The van der Waals surface area contributed by atoms with Crippen molar-refractivity contribution < 1.29 is 18.0 Å². The molecule has 2 aromatic rings. The van der Waals surface area contributed by atoms with Crippen LogP contribution in [0.4, 0.5) is 5.69 Å². The highest BCUT2D eigenvalue weighted by Crippen LogP contribution is 2.26. The number of unbranched alkanes of at least 4 members (excludes halogenated alkanes) is 1. The van der Waals surface area contributed by atoms with Gasteiger partial charge in [0.1, 0.15) is 6.04 Å². The van der Waals surface area contributed by atoms with Gasteiger partial charge in [-0.25, -0.2) is 8.42 Å². The number of hydrogen-bond donors (Lipinski definition) is 3. The highest BCUT2D eigenvalue weighted by Gasteiger charge is 2.28. The summed E-state index contributed by atoms with van der Waals surface area (Å²) < 4.78 is 29.1. The summed E-state index contributed by atoms with van der Waals surface area (Å²) in [6.45, 7) is 4.75. The van der Waals surface area contributed by atoms with Gasteiger partial charge in [-0.15, -0.1) is 0 Å². The largest absolute Gasteiger partial charge is 0.354 e. The molecule has 2 amide bonds. The van der Waals surface area contributed by atoms with Crippen LogP contribution in [-0.2, 0) is 26.0 Å². The summed E-state index contributed by atoms with van der Waals surface area (Å²) in [6, 6.07) is 12.4. The summed E-state index contributed by atoms with van der Waals surface area (Å²) in [6.07, 6.45) is 4.97. The molecule has 0 radical (unpaired) electrons. The van der Waals surface area contributed by atoms with Crippen molar-refractivity contribution in [2.75, 3.05) is 11.9 Å². The highest BCUT2D eigenvalue weighted by molar-refractivity contribution is 7.89. The molecule has 2 atom stereocenters. The Morgan fingerprint density at radius 2 is 1.85 bits per heavy atom. The molecule has 0 aliphatic carbocycles. The topological polar surface area (TPSA) is 104 Å². The second-order valence-electron chi connectivity index (χ2n) is 8.49.